The maximum Gasteiger partial charge on any atom is 0.198 e. The van der Waals surface area contributed by atoms with Crippen molar-refractivity contribution in [2.24, 2.45) is 0 Å². The van der Waals surface area contributed by atoms with Crippen molar-refractivity contribution in [1.82, 2.24) is 9.97 Å². The van der Waals surface area contributed by atoms with Gasteiger partial charge >= 0.3 is 0 Å². The van der Waals surface area contributed by atoms with Gasteiger partial charge in [0.15, 0.2) is 5.78 Å². The van der Waals surface area contributed by atoms with Gasteiger partial charge in [-0.3, -0.25) is 4.79 Å². The highest BCUT2D eigenvalue weighted by Gasteiger charge is 2.34. The Hall–Kier alpha value is -1.76. The summed E-state index contributed by atoms with van der Waals surface area (Å²) in [5.74, 6) is 1.33. The van der Waals surface area contributed by atoms with Gasteiger partial charge in [0.05, 0.1) is 11.3 Å². The van der Waals surface area contributed by atoms with E-state index >= 15 is 0 Å². The van der Waals surface area contributed by atoms with Gasteiger partial charge in [-0.2, -0.15) is 0 Å². The van der Waals surface area contributed by atoms with Gasteiger partial charge in [-0.05, 0) is 6.26 Å². The van der Waals surface area contributed by atoms with Crippen molar-refractivity contribution in [2.45, 2.75) is 23.8 Å². The Bertz CT molecular complexity index is 786. The fraction of sp³-hybridized carbons (Fsp3) is 0.421. The molecular formula is C19H23N2O3S+. The van der Waals surface area contributed by atoms with E-state index in [1.165, 1.54) is 11.8 Å². The van der Waals surface area contributed by atoms with E-state index in [1.54, 1.807) is 0 Å². The molecule has 1 aromatic heterocycles. The first-order chi connectivity index (χ1) is 12.2. The van der Waals surface area contributed by atoms with Crippen molar-refractivity contribution in [3.8, 4) is 11.3 Å². The summed E-state index contributed by atoms with van der Waals surface area (Å²) < 4.78 is 3.11. The van der Waals surface area contributed by atoms with Crippen LogP contribution >= 0.6 is 11.8 Å². The molecule has 1 saturated heterocycles. The number of hydrogen-bond donors (Lipinski definition) is 1. The molecule has 6 heteroatoms. The summed E-state index contributed by atoms with van der Waals surface area (Å²) in [5, 5.41) is 7.82. The van der Waals surface area contributed by atoms with Crippen LogP contribution in [0.4, 0.5) is 0 Å². The lowest BCUT2D eigenvalue weighted by Crippen LogP contribution is -2.24. The molecule has 0 spiro atoms. The van der Waals surface area contributed by atoms with Crippen molar-refractivity contribution < 1.29 is 14.3 Å². The molecule has 1 fully saturated rings. The average molecular weight is 359 g/mol. The predicted molar refractivity (Wildman–Crippen MR) is 99.5 cm³/mol. The van der Waals surface area contributed by atoms with Crippen LogP contribution in [0.3, 0.4) is 0 Å². The number of hydrogen-bond acceptors (Lipinski definition) is 5. The third kappa shape index (κ3) is 3.21. The van der Waals surface area contributed by atoms with Gasteiger partial charge in [0, 0.05) is 37.0 Å². The normalized spacial score (nSPS) is 16.9. The largest absolute Gasteiger partial charge is 0.424 e. The van der Waals surface area contributed by atoms with Crippen molar-refractivity contribution in [2.75, 3.05) is 33.7 Å². The van der Waals surface area contributed by atoms with Crippen molar-refractivity contribution >= 4 is 17.5 Å². The first-order valence-electron chi connectivity index (χ1n) is 8.33. The highest BCUT2D eigenvalue weighted by molar-refractivity contribution is 7.98. The quantitative estimate of drug-likeness (QED) is 0.433. The maximum absolute atomic E-state index is 12.7. The lowest BCUT2D eigenvalue weighted by molar-refractivity contribution is -0.124. The minimum absolute atomic E-state index is 0.0606. The maximum atomic E-state index is 12.7. The van der Waals surface area contributed by atoms with Gasteiger partial charge in [0.1, 0.15) is 31.2 Å². The number of aromatic nitrogens is 2. The summed E-state index contributed by atoms with van der Waals surface area (Å²) in [6.45, 7) is 1.99. The van der Waals surface area contributed by atoms with Crippen LogP contribution in [0, 0.1) is 0 Å². The Morgan fingerprint density at radius 2 is 1.76 bits per heavy atom. The van der Waals surface area contributed by atoms with Gasteiger partial charge < -0.3 is 9.47 Å². The van der Waals surface area contributed by atoms with Gasteiger partial charge in [-0.15, -0.1) is 11.8 Å². The summed E-state index contributed by atoms with van der Waals surface area (Å²) in [4.78, 5) is 22.3. The van der Waals surface area contributed by atoms with Gasteiger partial charge in [0.25, 0.3) is 0 Å². The van der Waals surface area contributed by atoms with Crippen LogP contribution in [0.2, 0.25) is 0 Å². The Morgan fingerprint density at radius 1 is 1.12 bits per heavy atom. The molecule has 0 amide bonds. The van der Waals surface area contributed by atoms with Crippen LogP contribution in [0.1, 0.15) is 40.5 Å². The van der Waals surface area contributed by atoms with Gasteiger partial charge in [-0.1, -0.05) is 24.3 Å². The van der Waals surface area contributed by atoms with Crippen molar-refractivity contribution in [3.05, 3.63) is 41.2 Å². The zero-order chi connectivity index (χ0) is 18.0. The van der Waals surface area contributed by atoms with E-state index in [2.05, 4.69) is 11.5 Å². The smallest absolute Gasteiger partial charge is 0.198 e. The molecule has 0 unspecified atom stereocenters. The summed E-state index contributed by atoms with van der Waals surface area (Å²) in [7, 11) is 3.07. The van der Waals surface area contributed by atoms with E-state index in [0.717, 1.165) is 60.8 Å². The van der Waals surface area contributed by atoms with E-state index < -0.39 is 0 Å². The first kappa shape index (κ1) is 18.0. The fourth-order valence-corrected chi connectivity index (χ4v) is 3.98. The number of carbonyl (C=O) groups excluding carboxylic acids is 1. The Labute approximate surface area is 152 Å². The molecule has 0 radical (unpaired) electrons. The summed E-state index contributed by atoms with van der Waals surface area (Å²) in [6.07, 6.45) is 4.07. The van der Waals surface area contributed by atoms with Gasteiger partial charge in [0.2, 0.25) is 0 Å². The lowest BCUT2D eigenvalue weighted by Gasteiger charge is -2.25. The molecule has 25 heavy (non-hydrogen) atoms. The number of nitrogens with zero attached hydrogens (tertiary/aromatic N) is 2. The molecule has 132 valence electrons. The molecule has 0 atom stereocenters. The first-order valence-corrected chi connectivity index (χ1v) is 9.55. The second-order valence-corrected chi connectivity index (χ2v) is 6.95. The third-order valence-corrected chi connectivity index (χ3v) is 5.42. The van der Waals surface area contributed by atoms with Crippen LogP contribution in [-0.4, -0.2) is 54.5 Å². The number of thioether (sulfide) groups is 1. The molecule has 2 aliphatic rings. The number of benzene rings is 1. The van der Waals surface area contributed by atoms with Crippen LogP contribution in [0.5, 0.6) is 0 Å². The Kier molecular flexibility index (Phi) is 5.51. The Morgan fingerprint density at radius 3 is 2.40 bits per heavy atom. The standard InChI is InChI=1S/C18H19N2O2S.CH4O/c1-22-9-7-11(8-10-22)17-19-15-12-5-3-4-6-13(12)16(21)14(15)18(20-17)23-2;1-2/h3-6,11H,7-10H2,1-2H3;2H,1H3/q+1;. The lowest BCUT2D eigenvalue weighted by atomic mass is 9.99. The molecular weight excluding hydrogens is 336 g/mol. The summed E-state index contributed by atoms with van der Waals surface area (Å²) >= 11 is 1.54. The minimum Gasteiger partial charge on any atom is -0.424 e. The third-order valence-electron chi connectivity index (χ3n) is 4.74. The van der Waals surface area contributed by atoms with E-state index in [-0.39, 0.29) is 5.78 Å². The zero-order valence-electron chi connectivity index (χ0n) is 14.8. The molecule has 1 N–H and O–H groups in total. The fourth-order valence-electron chi connectivity index (χ4n) is 3.40. The summed E-state index contributed by atoms with van der Waals surface area (Å²) in [6, 6.07) is 7.75. The number of carbonyl (C=O) groups is 1. The van der Waals surface area contributed by atoms with E-state index in [1.807, 2.05) is 30.5 Å². The molecule has 5 nitrogen and oxygen atoms in total. The summed E-state index contributed by atoms with van der Waals surface area (Å²) in [5.41, 5.74) is 3.22. The molecule has 1 aromatic carbocycles. The van der Waals surface area contributed by atoms with Crippen LogP contribution < -0.4 is 0 Å². The molecule has 0 saturated carbocycles. The van der Waals surface area contributed by atoms with Crippen molar-refractivity contribution in [1.29, 1.82) is 0 Å². The second-order valence-electron chi connectivity index (χ2n) is 6.15. The van der Waals surface area contributed by atoms with Crippen LogP contribution in [-0.2, 0) is 4.37 Å². The van der Waals surface area contributed by atoms with E-state index in [4.69, 9.17) is 15.1 Å². The van der Waals surface area contributed by atoms with Crippen molar-refractivity contribution in [3.63, 3.8) is 0 Å². The monoisotopic (exact) mass is 359 g/mol. The van der Waals surface area contributed by atoms with E-state index in [0.29, 0.717) is 11.5 Å². The molecule has 1 aliphatic heterocycles. The van der Waals surface area contributed by atoms with E-state index in [9.17, 15) is 4.79 Å². The number of aliphatic hydroxyl groups is 1. The average Bonchev–Trinajstić information content (AvgIpc) is 2.96. The van der Waals surface area contributed by atoms with Crippen LogP contribution in [0.25, 0.3) is 11.3 Å². The van der Waals surface area contributed by atoms with Crippen LogP contribution in [0.15, 0.2) is 29.3 Å². The number of ketones is 1. The number of rotatable bonds is 2. The second kappa shape index (κ2) is 7.64. The topological polar surface area (TPSA) is 65.8 Å². The molecule has 4 rings (SSSR count). The number of fused-ring (bicyclic) bond motifs is 3. The predicted octanol–water partition coefficient (Wildman–Crippen LogP) is 3.08. The SMILES string of the molecule is CO.CSc1nc(C2CC[O+](C)CC2)nc2c1C(=O)c1ccccc1-2. The molecule has 2 heterocycles. The zero-order valence-corrected chi connectivity index (χ0v) is 15.6. The molecule has 1 aliphatic carbocycles. The molecule has 0 bridgehead atoms. The highest BCUT2D eigenvalue weighted by Crippen LogP contribution is 2.40. The minimum atomic E-state index is 0.0606. The molecule has 2 aromatic rings. The Balaban J connectivity index is 0.000000880. The highest BCUT2D eigenvalue weighted by atomic mass is 32.2. The van der Waals surface area contributed by atoms with Gasteiger partial charge in [-0.25, -0.2) is 9.97 Å². The number of aliphatic hydroxyl groups excluding tert-OH is 1.